The topological polar surface area (TPSA) is 76.1 Å². The number of methoxy groups -OCH3 is 1. The van der Waals surface area contributed by atoms with Crippen LogP contribution in [-0.4, -0.2) is 23.0 Å². The van der Waals surface area contributed by atoms with Gasteiger partial charge in [0.25, 0.3) is 5.91 Å². The number of carbonyl (C=O) groups excluding carboxylic acids is 1. The molecular formula is C18H14Cl2N4O2. The number of aromatic nitrogens is 2. The molecule has 0 unspecified atom stereocenters. The van der Waals surface area contributed by atoms with Gasteiger partial charge in [-0.25, -0.2) is 9.97 Å². The predicted octanol–water partition coefficient (Wildman–Crippen LogP) is 4.79. The highest BCUT2D eigenvalue weighted by atomic mass is 35.5. The molecule has 3 aromatic rings. The number of hydrogen-bond acceptors (Lipinski definition) is 5. The molecule has 0 saturated carbocycles. The molecule has 1 amide bonds. The fourth-order valence-electron chi connectivity index (χ4n) is 2.23. The van der Waals surface area contributed by atoms with Gasteiger partial charge in [-0.05, 0) is 36.4 Å². The lowest BCUT2D eigenvalue weighted by molar-refractivity contribution is 0.102. The average molecular weight is 389 g/mol. The Hall–Kier alpha value is -2.83. The molecule has 26 heavy (non-hydrogen) atoms. The third-order valence-corrected chi connectivity index (χ3v) is 3.88. The lowest BCUT2D eigenvalue weighted by Crippen LogP contribution is -2.15. The van der Waals surface area contributed by atoms with E-state index in [0.717, 1.165) is 5.69 Å². The second-order valence-electron chi connectivity index (χ2n) is 5.22. The van der Waals surface area contributed by atoms with E-state index in [1.165, 1.54) is 19.5 Å². The van der Waals surface area contributed by atoms with E-state index in [-0.39, 0.29) is 5.69 Å². The molecule has 3 rings (SSSR count). The van der Waals surface area contributed by atoms with Crippen molar-refractivity contribution in [3.8, 4) is 5.75 Å². The number of nitrogens with zero attached hydrogens (tertiary/aromatic N) is 2. The maximum absolute atomic E-state index is 12.5. The zero-order valence-corrected chi connectivity index (χ0v) is 15.2. The number of hydrogen-bond donors (Lipinski definition) is 2. The highest BCUT2D eigenvalue weighted by Gasteiger charge is 2.13. The number of ether oxygens (including phenoxy) is 1. The van der Waals surface area contributed by atoms with Crippen LogP contribution in [0.15, 0.2) is 54.9 Å². The Morgan fingerprint density at radius 3 is 2.62 bits per heavy atom. The van der Waals surface area contributed by atoms with Crippen LogP contribution < -0.4 is 15.4 Å². The molecule has 0 fully saturated rings. The number of halogens is 2. The summed E-state index contributed by atoms with van der Waals surface area (Å²) in [4.78, 5) is 20.6. The molecule has 0 aliphatic carbocycles. The van der Waals surface area contributed by atoms with Gasteiger partial charge in [0.15, 0.2) is 0 Å². The lowest BCUT2D eigenvalue weighted by atomic mass is 10.2. The van der Waals surface area contributed by atoms with Crippen LogP contribution in [0.1, 0.15) is 10.5 Å². The molecule has 0 aliphatic heterocycles. The minimum Gasteiger partial charge on any atom is -0.495 e. The van der Waals surface area contributed by atoms with Crippen molar-refractivity contribution in [2.45, 2.75) is 0 Å². The van der Waals surface area contributed by atoms with E-state index in [4.69, 9.17) is 27.9 Å². The van der Waals surface area contributed by atoms with Gasteiger partial charge in [0.2, 0.25) is 0 Å². The SMILES string of the molecule is COc1ccc(Cl)cc1NC(=O)c1cc(Nc2cccc(Cl)c2)ncn1. The van der Waals surface area contributed by atoms with Crippen LogP contribution in [0.25, 0.3) is 0 Å². The van der Waals surface area contributed by atoms with E-state index in [1.807, 2.05) is 12.1 Å². The van der Waals surface area contributed by atoms with Crippen LogP contribution >= 0.6 is 23.2 Å². The fourth-order valence-corrected chi connectivity index (χ4v) is 2.59. The number of amides is 1. The van der Waals surface area contributed by atoms with Crippen LogP contribution in [-0.2, 0) is 0 Å². The normalized spacial score (nSPS) is 10.3. The van der Waals surface area contributed by atoms with Gasteiger partial charge < -0.3 is 15.4 Å². The number of anilines is 3. The molecule has 0 saturated heterocycles. The van der Waals surface area contributed by atoms with Crippen molar-refractivity contribution in [2.75, 3.05) is 17.7 Å². The molecule has 1 aromatic heterocycles. The number of rotatable bonds is 5. The average Bonchev–Trinajstić information content (AvgIpc) is 2.62. The highest BCUT2D eigenvalue weighted by molar-refractivity contribution is 6.31. The highest BCUT2D eigenvalue weighted by Crippen LogP contribution is 2.28. The van der Waals surface area contributed by atoms with Gasteiger partial charge in [0, 0.05) is 21.8 Å². The first-order valence-electron chi connectivity index (χ1n) is 7.54. The molecule has 0 spiro atoms. The van der Waals surface area contributed by atoms with Crippen molar-refractivity contribution in [3.63, 3.8) is 0 Å². The first kappa shape index (κ1) is 18.0. The van der Waals surface area contributed by atoms with Gasteiger partial charge in [-0.2, -0.15) is 0 Å². The van der Waals surface area contributed by atoms with Gasteiger partial charge in [-0.1, -0.05) is 29.3 Å². The first-order valence-corrected chi connectivity index (χ1v) is 8.30. The quantitative estimate of drug-likeness (QED) is 0.656. The van der Waals surface area contributed by atoms with Crippen molar-refractivity contribution >= 4 is 46.3 Å². The third kappa shape index (κ3) is 4.41. The Bertz CT molecular complexity index is 950. The molecule has 6 nitrogen and oxygen atoms in total. The molecule has 0 aliphatic rings. The molecule has 132 valence electrons. The summed E-state index contributed by atoms with van der Waals surface area (Å²) in [6.07, 6.45) is 1.30. The number of benzene rings is 2. The Balaban J connectivity index is 1.79. The van der Waals surface area contributed by atoms with Gasteiger partial charge in [-0.3, -0.25) is 4.79 Å². The van der Waals surface area contributed by atoms with Gasteiger partial charge >= 0.3 is 0 Å². The Morgan fingerprint density at radius 1 is 1.04 bits per heavy atom. The second kappa shape index (κ2) is 8.03. The molecule has 2 N–H and O–H groups in total. The van der Waals surface area contributed by atoms with E-state index in [0.29, 0.717) is 27.3 Å². The van der Waals surface area contributed by atoms with E-state index >= 15 is 0 Å². The van der Waals surface area contributed by atoms with Crippen molar-refractivity contribution in [1.29, 1.82) is 0 Å². The van der Waals surface area contributed by atoms with Gasteiger partial charge in [0.05, 0.1) is 12.8 Å². The molecule has 0 atom stereocenters. The first-order chi connectivity index (χ1) is 12.5. The molecular weight excluding hydrogens is 375 g/mol. The maximum Gasteiger partial charge on any atom is 0.274 e. The summed E-state index contributed by atoms with van der Waals surface area (Å²) in [5.41, 5.74) is 1.39. The maximum atomic E-state index is 12.5. The third-order valence-electron chi connectivity index (χ3n) is 3.41. The Kier molecular flexibility index (Phi) is 5.55. The summed E-state index contributed by atoms with van der Waals surface area (Å²) in [5.74, 6) is 0.543. The fraction of sp³-hybridized carbons (Fsp3) is 0.0556. The minimum absolute atomic E-state index is 0.187. The van der Waals surface area contributed by atoms with E-state index < -0.39 is 5.91 Å². The summed E-state index contributed by atoms with van der Waals surface area (Å²) in [7, 11) is 1.51. The summed E-state index contributed by atoms with van der Waals surface area (Å²) in [6.45, 7) is 0. The summed E-state index contributed by atoms with van der Waals surface area (Å²) in [6, 6.07) is 13.6. The summed E-state index contributed by atoms with van der Waals surface area (Å²) >= 11 is 11.9. The van der Waals surface area contributed by atoms with Crippen molar-refractivity contribution in [3.05, 3.63) is 70.6 Å². The van der Waals surface area contributed by atoms with Crippen molar-refractivity contribution in [1.82, 2.24) is 9.97 Å². The molecule has 2 aromatic carbocycles. The Morgan fingerprint density at radius 2 is 1.85 bits per heavy atom. The second-order valence-corrected chi connectivity index (χ2v) is 6.10. The van der Waals surface area contributed by atoms with E-state index in [9.17, 15) is 4.79 Å². The zero-order valence-electron chi connectivity index (χ0n) is 13.7. The summed E-state index contributed by atoms with van der Waals surface area (Å²) < 4.78 is 5.22. The van der Waals surface area contributed by atoms with Crippen LogP contribution in [0.3, 0.4) is 0 Å². The number of carbonyl (C=O) groups is 1. The van der Waals surface area contributed by atoms with Crippen LogP contribution in [0.5, 0.6) is 5.75 Å². The number of nitrogens with one attached hydrogen (secondary N) is 2. The lowest BCUT2D eigenvalue weighted by Gasteiger charge is -2.11. The van der Waals surface area contributed by atoms with Gasteiger partial charge in [0.1, 0.15) is 23.6 Å². The largest absolute Gasteiger partial charge is 0.495 e. The molecule has 8 heteroatoms. The summed E-state index contributed by atoms with van der Waals surface area (Å²) in [5, 5.41) is 6.88. The van der Waals surface area contributed by atoms with Crippen LogP contribution in [0.4, 0.5) is 17.2 Å². The monoisotopic (exact) mass is 388 g/mol. The Labute approximate surface area is 160 Å². The molecule has 0 radical (unpaired) electrons. The minimum atomic E-state index is -0.415. The van der Waals surface area contributed by atoms with Crippen molar-refractivity contribution in [2.24, 2.45) is 0 Å². The van der Waals surface area contributed by atoms with E-state index in [2.05, 4.69) is 20.6 Å². The smallest absolute Gasteiger partial charge is 0.274 e. The van der Waals surface area contributed by atoms with E-state index in [1.54, 1.807) is 30.3 Å². The molecule has 1 heterocycles. The van der Waals surface area contributed by atoms with Crippen molar-refractivity contribution < 1.29 is 9.53 Å². The predicted molar refractivity (Wildman–Crippen MR) is 103 cm³/mol. The van der Waals surface area contributed by atoms with Crippen LogP contribution in [0.2, 0.25) is 10.0 Å². The van der Waals surface area contributed by atoms with Crippen LogP contribution in [0, 0.1) is 0 Å². The zero-order chi connectivity index (χ0) is 18.5. The molecule has 0 bridgehead atoms. The van der Waals surface area contributed by atoms with Gasteiger partial charge in [-0.15, -0.1) is 0 Å². The standard InChI is InChI=1S/C18H14Cl2N4O2/c1-26-16-6-5-12(20)8-14(16)24-18(25)15-9-17(22-10-21-15)23-13-4-2-3-11(19)7-13/h2-10H,1H3,(H,24,25)(H,21,22,23).